The molecule has 164 valence electrons. The van der Waals surface area contributed by atoms with E-state index in [2.05, 4.69) is 15.5 Å². The van der Waals surface area contributed by atoms with E-state index < -0.39 is 11.0 Å². The molecule has 9 nitrogen and oxygen atoms in total. The molecular weight excluding hydrogens is 400 g/mol. The minimum atomic E-state index is -0.693. The Balaban J connectivity index is 1.55. The zero-order valence-electron chi connectivity index (χ0n) is 17.5. The molecule has 0 aliphatic rings. The summed E-state index contributed by atoms with van der Waals surface area (Å²) in [6.45, 7) is 4.95. The molecule has 2 atom stereocenters. The molecule has 0 bridgehead atoms. The van der Waals surface area contributed by atoms with Crippen LogP contribution in [0.15, 0.2) is 59.1 Å². The maximum absolute atomic E-state index is 10.8. The molecule has 0 aliphatic heterocycles. The Kier molecular flexibility index (Phi) is 7.82. The van der Waals surface area contributed by atoms with Crippen LogP contribution in [0.4, 0.5) is 5.69 Å². The second-order valence-electron chi connectivity index (χ2n) is 7.54. The van der Waals surface area contributed by atoms with E-state index in [0.717, 1.165) is 5.56 Å². The number of non-ortho nitro benzene ring substituents is 1. The number of aliphatic hydroxyl groups excluding tert-OH is 1. The van der Waals surface area contributed by atoms with Gasteiger partial charge in [-0.05, 0) is 23.6 Å². The summed E-state index contributed by atoms with van der Waals surface area (Å²) in [6.07, 6.45) is -0.693. The van der Waals surface area contributed by atoms with Crippen molar-refractivity contribution in [3.05, 3.63) is 76.2 Å². The highest BCUT2D eigenvalue weighted by molar-refractivity contribution is 5.56. The molecule has 31 heavy (non-hydrogen) atoms. The summed E-state index contributed by atoms with van der Waals surface area (Å²) < 4.78 is 11.0. The van der Waals surface area contributed by atoms with E-state index in [9.17, 15) is 15.2 Å². The molecule has 2 N–H and O–H groups in total. The number of rotatable bonds is 11. The van der Waals surface area contributed by atoms with Crippen molar-refractivity contribution in [3.63, 3.8) is 0 Å². The molecule has 9 heteroatoms. The van der Waals surface area contributed by atoms with Crippen molar-refractivity contribution in [1.82, 2.24) is 15.5 Å². The van der Waals surface area contributed by atoms with E-state index >= 15 is 0 Å². The van der Waals surface area contributed by atoms with Crippen molar-refractivity contribution in [3.8, 4) is 11.4 Å². The number of nitro groups is 1. The van der Waals surface area contributed by atoms with E-state index in [-0.39, 0.29) is 24.3 Å². The first kappa shape index (κ1) is 22.5. The second-order valence-corrected chi connectivity index (χ2v) is 7.54. The number of ether oxygens (including phenoxy) is 1. The molecule has 0 saturated heterocycles. The number of nitro benzene ring substituents is 1. The zero-order valence-corrected chi connectivity index (χ0v) is 17.5. The highest BCUT2D eigenvalue weighted by Gasteiger charge is 2.23. The van der Waals surface area contributed by atoms with Crippen LogP contribution < -0.4 is 5.32 Å². The lowest BCUT2D eigenvalue weighted by molar-refractivity contribution is -0.384. The first-order valence-corrected chi connectivity index (χ1v) is 10.1. The fourth-order valence-electron chi connectivity index (χ4n) is 3.03. The number of hydrogen-bond acceptors (Lipinski definition) is 8. The van der Waals surface area contributed by atoms with Crippen molar-refractivity contribution in [2.75, 3.05) is 13.2 Å². The van der Waals surface area contributed by atoms with Crippen molar-refractivity contribution >= 4 is 5.69 Å². The SMILES string of the molecule is CC(C)[C@H](NC[C@H](O)COCc1ccccc1)c1nc(-c2ccc([N+](=O)[O-])cc2)no1. The van der Waals surface area contributed by atoms with Crippen LogP contribution in [0.25, 0.3) is 11.4 Å². The van der Waals surface area contributed by atoms with Gasteiger partial charge in [-0.2, -0.15) is 4.98 Å². The van der Waals surface area contributed by atoms with Gasteiger partial charge >= 0.3 is 0 Å². The van der Waals surface area contributed by atoms with Crippen LogP contribution in [0.3, 0.4) is 0 Å². The topological polar surface area (TPSA) is 124 Å². The van der Waals surface area contributed by atoms with Crippen LogP contribution >= 0.6 is 0 Å². The van der Waals surface area contributed by atoms with Gasteiger partial charge in [-0.3, -0.25) is 10.1 Å². The Morgan fingerprint density at radius 1 is 1.16 bits per heavy atom. The number of benzene rings is 2. The largest absolute Gasteiger partial charge is 0.389 e. The lowest BCUT2D eigenvalue weighted by Gasteiger charge is -2.20. The second kappa shape index (κ2) is 10.8. The van der Waals surface area contributed by atoms with Crippen LogP contribution in [-0.4, -0.2) is 39.4 Å². The molecule has 0 fully saturated rings. The lowest BCUT2D eigenvalue weighted by Crippen LogP contribution is -2.35. The summed E-state index contributed by atoms with van der Waals surface area (Å²) in [7, 11) is 0. The van der Waals surface area contributed by atoms with Crippen molar-refractivity contribution in [1.29, 1.82) is 0 Å². The van der Waals surface area contributed by atoms with Gasteiger partial charge in [-0.1, -0.05) is 49.3 Å². The molecule has 1 heterocycles. The molecule has 0 spiro atoms. The highest BCUT2D eigenvalue weighted by Crippen LogP contribution is 2.24. The van der Waals surface area contributed by atoms with E-state index in [1.807, 2.05) is 44.2 Å². The Hall–Kier alpha value is -3.14. The van der Waals surface area contributed by atoms with Gasteiger partial charge in [0.2, 0.25) is 11.7 Å². The standard InChI is InChI=1S/C22H26N4O5/c1-15(2)20(23-12-19(27)14-30-13-16-6-4-3-5-7-16)22-24-21(25-31-22)17-8-10-18(11-9-17)26(28)29/h3-11,15,19-20,23,27H,12-14H2,1-2H3/t19-,20-/m0/s1. The van der Waals surface area contributed by atoms with E-state index in [4.69, 9.17) is 9.26 Å². The van der Waals surface area contributed by atoms with Gasteiger partial charge in [-0.15, -0.1) is 0 Å². The fraction of sp³-hybridized carbons (Fsp3) is 0.364. The normalized spacial score (nSPS) is 13.3. The zero-order chi connectivity index (χ0) is 22.2. The lowest BCUT2D eigenvalue weighted by atomic mass is 10.0. The molecule has 0 aliphatic carbocycles. The number of nitrogens with one attached hydrogen (secondary N) is 1. The summed E-state index contributed by atoms with van der Waals surface area (Å²) in [5.74, 6) is 0.868. The summed E-state index contributed by atoms with van der Waals surface area (Å²) in [6, 6.07) is 15.5. The molecule has 1 aromatic heterocycles. The molecule has 0 amide bonds. The quantitative estimate of drug-likeness (QED) is 0.353. The van der Waals surface area contributed by atoms with Crippen LogP contribution in [0.1, 0.15) is 31.3 Å². The van der Waals surface area contributed by atoms with E-state index in [0.29, 0.717) is 30.4 Å². The first-order chi connectivity index (χ1) is 14.9. The van der Waals surface area contributed by atoms with Crippen molar-refractivity contribution in [2.45, 2.75) is 32.6 Å². The molecule has 2 aromatic carbocycles. The van der Waals surface area contributed by atoms with Gasteiger partial charge in [0.1, 0.15) is 0 Å². The predicted octanol–water partition coefficient (Wildman–Crippen LogP) is 3.51. The number of nitrogens with zero attached hydrogens (tertiary/aromatic N) is 3. The number of hydrogen-bond donors (Lipinski definition) is 2. The van der Waals surface area contributed by atoms with Crippen LogP contribution in [0.2, 0.25) is 0 Å². The third kappa shape index (κ3) is 6.42. The summed E-state index contributed by atoms with van der Waals surface area (Å²) >= 11 is 0. The average Bonchev–Trinajstić information content (AvgIpc) is 3.24. The fourth-order valence-corrected chi connectivity index (χ4v) is 3.03. The number of aliphatic hydroxyl groups is 1. The van der Waals surface area contributed by atoms with Gasteiger partial charge in [0, 0.05) is 24.2 Å². The van der Waals surface area contributed by atoms with Crippen molar-refractivity contribution < 1.29 is 19.3 Å². The molecule has 0 saturated carbocycles. The summed E-state index contributed by atoms with van der Waals surface area (Å²) in [4.78, 5) is 14.8. The minimum absolute atomic E-state index is 0.00216. The summed E-state index contributed by atoms with van der Waals surface area (Å²) in [5, 5.41) is 28.3. The Morgan fingerprint density at radius 2 is 1.87 bits per heavy atom. The number of aromatic nitrogens is 2. The highest BCUT2D eigenvalue weighted by atomic mass is 16.6. The monoisotopic (exact) mass is 426 g/mol. The minimum Gasteiger partial charge on any atom is -0.389 e. The van der Waals surface area contributed by atoms with Gasteiger partial charge < -0.3 is 19.7 Å². The third-order valence-corrected chi connectivity index (χ3v) is 4.71. The summed E-state index contributed by atoms with van der Waals surface area (Å²) in [5.41, 5.74) is 1.67. The molecule has 0 unspecified atom stereocenters. The Morgan fingerprint density at radius 3 is 2.52 bits per heavy atom. The Bertz CT molecular complexity index is 960. The first-order valence-electron chi connectivity index (χ1n) is 10.1. The molecule has 3 rings (SSSR count). The van der Waals surface area contributed by atoms with Gasteiger partial charge in [0.15, 0.2) is 0 Å². The maximum Gasteiger partial charge on any atom is 0.269 e. The van der Waals surface area contributed by atoms with Crippen LogP contribution in [0.5, 0.6) is 0 Å². The average molecular weight is 426 g/mol. The molecule has 3 aromatic rings. The molecular formula is C22H26N4O5. The van der Waals surface area contributed by atoms with Gasteiger partial charge in [0.05, 0.1) is 30.3 Å². The van der Waals surface area contributed by atoms with E-state index in [1.165, 1.54) is 12.1 Å². The van der Waals surface area contributed by atoms with Crippen LogP contribution in [0, 0.1) is 16.0 Å². The van der Waals surface area contributed by atoms with Crippen LogP contribution in [-0.2, 0) is 11.3 Å². The van der Waals surface area contributed by atoms with E-state index in [1.54, 1.807) is 12.1 Å². The predicted molar refractivity (Wildman–Crippen MR) is 114 cm³/mol. The van der Waals surface area contributed by atoms with Gasteiger partial charge in [-0.25, -0.2) is 0 Å². The molecule has 0 radical (unpaired) electrons. The maximum atomic E-state index is 10.8. The Labute approximate surface area is 180 Å². The van der Waals surface area contributed by atoms with Crippen molar-refractivity contribution in [2.24, 2.45) is 5.92 Å². The third-order valence-electron chi connectivity index (χ3n) is 4.71. The smallest absolute Gasteiger partial charge is 0.269 e. The van der Waals surface area contributed by atoms with Gasteiger partial charge in [0.25, 0.3) is 5.69 Å².